The summed E-state index contributed by atoms with van der Waals surface area (Å²) in [6.45, 7) is 1.40. The van der Waals surface area contributed by atoms with E-state index < -0.39 is 10.0 Å². The summed E-state index contributed by atoms with van der Waals surface area (Å²) in [5.41, 5.74) is 0.595. The zero-order valence-corrected chi connectivity index (χ0v) is 11.6. The topological polar surface area (TPSA) is 79.7 Å². The summed E-state index contributed by atoms with van der Waals surface area (Å²) >= 11 is 0. The zero-order chi connectivity index (χ0) is 13.9. The number of aliphatic hydroxyl groups excluding tert-OH is 1. The second kappa shape index (κ2) is 5.96. The minimum atomic E-state index is -3.53. The molecule has 1 aliphatic rings. The van der Waals surface area contributed by atoms with Crippen LogP contribution in [-0.2, 0) is 21.4 Å². The van der Waals surface area contributed by atoms with E-state index in [0.29, 0.717) is 25.3 Å². The number of hydrogen-bond donors (Lipinski definition) is 1. The summed E-state index contributed by atoms with van der Waals surface area (Å²) in [6, 6.07) is 3.01. The first-order valence-corrected chi connectivity index (χ1v) is 7.57. The Kier molecular flexibility index (Phi) is 4.51. The number of rotatable bonds is 5. The molecule has 2 heterocycles. The average molecular weight is 286 g/mol. The lowest BCUT2D eigenvalue weighted by Crippen LogP contribution is -2.30. The molecule has 0 amide bonds. The maximum absolute atomic E-state index is 12.3. The molecule has 1 fully saturated rings. The summed E-state index contributed by atoms with van der Waals surface area (Å²) in [6.07, 6.45) is 2.19. The molecule has 0 radical (unpaired) electrons. The van der Waals surface area contributed by atoms with Crippen molar-refractivity contribution in [1.29, 1.82) is 0 Å². The van der Waals surface area contributed by atoms with Crippen LogP contribution in [0.2, 0.25) is 0 Å². The summed E-state index contributed by atoms with van der Waals surface area (Å²) in [5, 5.41) is 8.95. The fourth-order valence-electron chi connectivity index (χ4n) is 2.18. The molecule has 0 spiro atoms. The van der Waals surface area contributed by atoms with Gasteiger partial charge in [0.1, 0.15) is 0 Å². The number of pyridine rings is 1. The van der Waals surface area contributed by atoms with E-state index in [0.717, 1.165) is 6.42 Å². The Morgan fingerprint density at radius 2 is 2.32 bits per heavy atom. The molecule has 1 aliphatic heterocycles. The first-order valence-electron chi connectivity index (χ1n) is 6.13. The van der Waals surface area contributed by atoms with Crippen LogP contribution < -0.4 is 0 Å². The largest absolute Gasteiger partial charge is 0.392 e. The van der Waals surface area contributed by atoms with Crippen molar-refractivity contribution in [2.75, 3.05) is 26.8 Å². The molecule has 1 aromatic heterocycles. The Morgan fingerprint density at radius 1 is 1.53 bits per heavy atom. The number of ether oxygens (including phenoxy) is 1. The van der Waals surface area contributed by atoms with Gasteiger partial charge in [-0.2, -0.15) is 4.31 Å². The van der Waals surface area contributed by atoms with E-state index in [9.17, 15) is 8.42 Å². The summed E-state index contributed by atoms with van der Waals surface area (Å²) in [5.74, 6) is 0.247. The predicted molar refractivity (Wildman–Crippen MR) is 68.9 cm³/mol. The van der Waals surface area contributed by atoms with E-state index in [1.165, 1.54) is 16.6 Å². The summed E-state index contributed by atoms with van der Waals surface area (Å²) in [4.78, 5) is 3.92. The van der Waals surface area contributed by atoms with E-state index in [4.69, 9.17) is 9.84 Å². The minimum absolute atomic E-state index is 0.0303. The highest BCUT2D eigenvalue weighted by molar-refractivity contribution is 7.89. The van der Waals surface area contributed by atoms with E-state index in [1.54, 1.807) is 13.2 Å². The first-order chi connectivity index (χ1) is 9.07. The molecule has 1 unspecified atom stereocenters. The highest BCUT2D eigenvalue weighted by Crippen LogP contribution is 2.23. The van der Waals surface area contributed by atoms with Crippen LogP contribution >= 0.6 is 0 Å². The summed E-state index contributed by atoms with van der Waals surface area (Å²) < 4.78 is 31.2. The smallest absolute Gasteiger partial charge is 0.260 e. The van der Waals surface area contributed by atoms with Crippen LogP contribution in [0.1, 0.15) is 12.0 Å². The van der Waals surface area contributed by atoms with Crippen LogP contribution in [-0.4, -0.2) is 49.6 Å². The molecule has 0 bridgehead atoms. The molecule has 106 valence electrons. The normalized spacial score (nSPS) is 20.8. The zero-order valence-electron chi connectivity index (χ0n) is 10.8. The highest BCUT2D eigenvalue weighted by Gasteiger charge is 2.33. The molecule has 2 rings (SSSR count). The number of methoxy groups -OCH3 is 1. The van der Waals surface area contributed by atoms with Crippen LogP contribution in [0, 0.1) is 5.92 Å². The van der Waals surface area contributed by atoms with Crippen LogP contribution in [0.5, 0.6) is 0 Å². The Labute approximate surface area is 113 Å². The van der Waals surface area contributed by atoms with Gasteiger partial charge in [-0.25, -0.2) is 13.4 Å². The Bertz CT molecular complexity index is 515. The van der Waals surface area contributed by atoms with Crippen molar-refractivity contribution in [2.24, 2.45) is 5.92 Å². The van der Waals surface area contributed by atoms with Gasteiger partial charge in [0, 0.05) is 26.4 Å². The molecule has 19 heavy (non-hydrogen) atoms. The molecular formula is C12H18N2O4S. The van der Waals surface area contributed by atoms with Crippen LogP contribution in [0.25, 0.3) is 0 Å². The number of sulfonamides is 1. The molecule has 0 aliphatic carbocycles. The molecule has 7 heteroatoms. The third-order valence-corrected chi connectivity index (χ3v) is 5.02. The van der Waals surface area contributed by atoms with Crippen molar-refractivity contribution >= 4 is 10.0 Å². The van der Waals surface area contributed by atoms with Gasteiger partial charge in [-0.3, -0.25) is 0 Å². The lowest BCUT2D eigenvalue weighted by atomic mass is 10.1. The number of hydrogen-bond acceptors (Lipinski definition) is 5. The van der Waals surface area contributed by atoms with E-state index in [-0.39, 0.29) is 17.6 Å². The third-order valence-electron chi connectivity index (χ3n) is 3.24. The Hall–Kier alpha value is -1.02. The number of aliphatic hydroxyl groups is 1. The van der Waals surface area contributed by atoms with Gasteiger partial charge in [-0.1, -0.05) is 6.07 Å². The summed E-state index contributed by atoms with van der Waals surface area (Å²) in [7, 11) is -1.91. The maximum Gasteiger partial charge on any atom is 0.260 e. The maximum atomic E-state index is 12.3. The van der Waals surface area contributed by atoms with Crippen molar-refractivity contribution in [3.63, 3.8) is 0 Å². The third kappa shape index (κ3) is 3.11. The lowest BCUT2D eigenvalue weighted by Gasteiger charge is -2.15. The van der Waals surface area contributed by atoms with E-state index in [2.05, 4.69) is 4.98 Å². The quantitative estimate of drug-likeness (QED) is 0.838. The van der Waals surface area contributed by atoms with Crippen LogP contribution in [0.15, 0.2) is 23.4 Å². The van der Waals surface area contributed by atoms with Gasteiger partial charge in [-0.15, -0.1) is 0 Å². The number of aromatic nitrogens is 1. The van der Waals surface area contributed by atoms with Gasteiger partial charge in [0.05, 0.1) is 13.2 Å². The van der Waals surface area contributed by atoms with Crippen LogP contribution in [0.3, 0.4) is 0 Å². The first kappa shape index (κ1) is 14.4. The fraction of sp³-hybridized carbons (Fsp3) is 0.583. The average Bonchev–Trinajstić information content (AvgIpc) is 2.89. The number of nitrogens with zero attached hydrogens (tertiary/aromatic N) is 2. The van der Waals surface area contributed by atoms with Gasteiger partial charge in [0.2, 0.25) is 0 Å². The molecule has 0 saturated carbocycles. The highest BCUT2D eigenvalue weighted by atomic mass is 32.2. The SMILES string of the molecule is COCC1CCN(S(=O)(=O)c2ccc(CO)cn2)C1. The minimum Gasteiger partial charge on any atom is -0.392 e. The van der Waals surface area contributed by atoms with Crippen molar-refractivity contribution in [3.8, 4) is 0 Å². The second-order valence-corrected chi connectivity index (χ2v) is 6.52. The van der Waals surface area contributed by atoms with Gasteiger partial charge >= 0.3 is 0 Å². The standard InChI is InChI=1S/C12H18N2O4S/c1-18-9-11-4-5-14(7-11)19(16,17)12-3-2-10(8-15)6-13-12/h2-3,6,11,15H,4-5,7-9H2,1H3. The van der Waals surface area contributed by atoms with Crippen molar-refractivity contribution in [2.45, 2.75) is 18.1 Å². The lowest BCUT2D eigenvalue weighted by molar-refractivity contribution is 0.157. The van der Waals surface area contributed by atoms with E-state index in [1.807, 2.05) is 0 Å². The molecular weight excluding hydrogens is 268 g/mol. The monoisotopic (exact) mass is 286 g/mol. The molecule has 1 atom stereocenters. The van der Waals surface area contributed by atoms with Gasteiger partial charge < -0.3 is 9.84 Å². The van der Waals surface area contributed by atoms with Gasteiger partial charge in [0.15, 0.2) is 5.03 Å². The Balaban J connectivity index is 2.13. The van der Waals surface area contributed by atoms with Gasteiger partial charge in [0.25, 0.3) is 10.0 Å². The second-order valence-electron chi connectivity index (χ2n) is 4.64. The van der Waals surface area contributed by atoms with Crippen molar-refractivity contribution in [3.05, 3.63) is 23.9 Å². The van der Waals surface area contributed by atoms with Crippen LogP contribution in [0.4, 0.5) is 0 Å². The molecule has 0 aromatic carbocycles. The van der Waals surface area contributed by atoms with Crippen molar-refractivity contribution < 1.29 is 18.3 Å². The van der Waals surface area contributed by atoms with E-state index >= 15 is 0 Å². The predicted octanol–water partition coefficient (Wildman–Crippen LogP) is 0.231. The molecule has 1 N–H and O–H groups in total. The molecule has 6 nitrogen and oxygen atoms in total. The Morgan fingerprint density at radius 3 is 2.89 bits per heavy atom. The van der Waals surface area contributed by atoms with Crippen molar-refractivity contribution in [1.82, 2.24) is 9.29 Å². The molecule has 1 aromatic rings. The molecule has 1 saturated heterocycles. The fourth-order valence-corrected chi connectivity index (χ4v) is 3.62. The van der Waals surface area contributed by atoms with Gasteiger partial charge in [-0.05, 0) is 24.0 Å².